The molecular weight excluding hydrogens is 394 g/mol. The second-order valence-corrected chi connectivity index (χ2v) is 7.82. The lowest BCUT2D eigenvalue weighted by Crippen LogP contribution is -2.39. The van der Waals surface area contributed by atoms with Gasteiger partial charge in [0.15, 0.2) is 11.6 Å². The minimum atomic E-state index is -0.0392. The highest BCUT2D eigenvalue weighted by molar-refractivity contribution is 5.93. The van der Waals surface area contributed by atoms with E-state index in [-0.39, 0.29) is 11.8 Å². The summed E-state index contributed by atoms with van der Waals surface area (Å²) < 4.78 is 5.07. The average Bonchev–Trinajstić information content (AvgIpc) is 3.22. The Morgan fingerprint density at radius 2 is 1.90 bits per heavy atom. The van der Waals surface area contributed by atoms with Gasteiger partial charge in [-0.1, -0.05) is 12.1 Å². The van der Waals surface area contributed by atoms with Crippen molar-refractivity contribution in [1.82, 2.24) is 25.1 Å². The lowest BCUT2D eigenvalue weighted by Gasteiger charge is -2.31. The predicted molar refractivity (Wildman–Crippen MR) is 118 cm³/mol. The summed E-state index contributed by atoms with van der Waals surface area (Å²) in [7, 11) is 1.61. The van der Waals surface area contributed by atoms with Gasteiger partial charge in [0, 0.05) is 48.8 Å². The first-order chi connectivity index (χ1) is 15.0. The zero-order valence-corrected chi connectivity index (χ0v) is 18.1. The number of amides is 1. The molecule has 0 atom stereocenters. The van der Waals surface area contributed by atoms with Crippen LogP contribution < -0.4 is 10.2 Å². The van der Waals surface area contributed by atoms with E-state index in [2.05, 4.69) is 35.4 Å². The van der Waals surface area contributed by atoms with Crippen molar-refractivity contribution in [3.05, 3.63) is 47.5 Å². The third kappa shape index (κ3) is 5.05. The maximum atomic E-state index is 12.8. The number of nitrogens with one attached hydrogen (secondary N) is 2. The number of carbonyl (C=O) groups is 1. The molecule has 9 heteroatoms. The van der Waals surface area contributed by atoms with E-state index in [0.717, 1.165) is 54.5 Å². The quantitative estimate of drug-likeness (QED) is 0.630. The van der Waals surface area contributed by atoms with Crippen molar-refractivity contribution in [2.24, 2.45) is 5.92 Å². The second kappa shape index (κ2) is 9.22. The van der Waals surface area contributed by atoms with E-state index >= 15 is 0 Å². The number of aryl methyl sites for hydroxylation is 2. The average molecular weight is 422 g/mol. The standard InChI is InChI=1S/C22H27N7O2/c1-14-11-15(2)24-22(23-14)29-9-7-16(8-10-29)21(30)25-18-6-4-5-17(12-18)20-26-19(13-31-3)27-28-20/h4-6,11-12,16H,7-10,13H2,1-3H3,(H,25,30)(H,26,27,28). The summed E-state index contributed by atoms with van der Waals surface area (Å²) in [5.74, 6) is 1.98. The van der Waals surface area contributed by atoms with Crippen LogP contribution in [0, 0.1) is 19.8 Å². The number of carbonyl (C=O) groups excluding carboxylic acids is 1. The van der Waals surface area contributed by atoms with Gasteiger partial charge in [-0.25, -0.2) is 15.0 Å². The molecule has 0 saturated carbocycles. The number of nitrogens with zero attached hydrogens (tertiary/aromatic N) is 5. The number of rotatable bonds is 6. The van der Waals surface area contributed by atoms with Crippen LogP contribution >= 0.6 is 0 Å². The molecule has 0 radical (unpaired) electrons. The van der Waals surface area contributed by atoms with Gasteiger partial charge in [0.25, 0.3) is 0 Å². The molecule has 0 aliphatic carbocycles. The van der Waals surface area contributed by atoms with Gasteiger partial charge < -0.3 is 15.0 Å². The Morgan fingerprint density at radius 1 is 1.16 bits per heavy atom. The van der Waals surface area contributed by atoms with E-state index in [4.69, 9.17) is 4.74 Å². The normalized spacial score (nSPS) is 14.6. The highest BCUT2D eigenvalue weighted by Gasteiger charge is 2.26. The van der Waals surface area contributed by atoms with Crippen molar-refractivity contribution >= 4 is 17.5 Å². The van der Waals surface area contributed by atoms with E-state index in [1.807, 2.05) is 44.2 Å². The second-order valence-electron chi connectivity index (χ2n) is 7.82. The number of H-pyrrole nitrogens is 1. The number of benzene rings is 1. The minimum Gasteiger partial charge on any atom is -0.377 e. The third-order valence-electron chi connectivity index (χ3n) is 5.32. The summed E-state index contributed by atoms with van der Waals surface area (Å²) >= 11 is 0. The lowest BCUT2D eigenvalue weighted by molar-refractivity contribution is -0.120. The van der Waals surface area contributed by atoms with Crippen molar-refractivity contribution in [2.75, 3.05) is 30.4 Å². The molecule has 1 aliphatic heterocycles. The summed E-state index contributed by atoms with van der Waals surface area (Å²) in [6, 6.07) is 9.53. The zero-order chi connectivity index (χ0) is 21.8. The molecule has 9 nitrogen and oxygen atoms in total. The summed E-state index contributed by atoms with van der Waals surface area (Å²) in [5.41, 5.74) is 3.49. The molecule has 2 N–H and O–H groups in total. The molecule has 0 bridgehead atoms. The molecule has 4 rings (SSSR count). The SMILES string of the molecule is COCc1nc(-c2cccc(NC(=O)C3CCN(c4nc(C)cc(C)n4)CC3)c2)n[nH]1. The van der Waals surface area contributed by atoms with Gasteiger partial charge in [0.1, 0.15) is 6.61 Å². The Hall–Kier alpha value is -3.33. The maximum absolute atomic E-state index is 12.8. The molecule has 1 aliphatic rings. The molecule has 0 spiro atoms. The Kier molecular flexibility index (Phi) is 6.22. The summed E-state index contributed by atoms with van der Waals surface area (Å²) in [6.45, 7) is 5.85. The topological polar surface area (TPSA) is 109 Å². The van der Waals surface area contributed by atoms with Crippen molar-refractivity contribution in [3.8, 4) is 11.4 Å². The monoisotopic (exact) mass is 421 g/mol. The minimum absolute atomic E-state index is 0.0354. The third-order valence-corrected chi connectivity index (χ3v) is 5.32. The maximum Gasteiger partial charge on any atom is 0.227 e. The molecule has 2 aromatic heterocycles. The van der Waals surface area contributed by atoms with Crippen molar-refractivity contribution in [2.45, 2.75) is 33.3 Å². The molecular formula is C22H27N7O2. The van der Waals surface area contributed by atoms with Crippen LogP contribution in [-0.2, 0) is 16.1 Å². The van der Waals surface area contributed by atoms with Gasteiger partial charge in [0.05, 0.1) is 0 Å². The van der Waals surface area contributed by atoms with Crippen LogP contribution in [0.3, 0.4) is 0 Å². The fourth-order valence-electron chi connectivity index (χ4n) is 3.80. The fraction of sp³-hybridized carbons (Fsp3) is 0.409. The number of piperidine rings is 1. The van der Waals surface area contributed by atoms with Gasteiger partial charge in [-0.3, -0.25) is 9.89 Å². The van der Waals surface area contributed by atoms with E-state index in [1.54, 1.807) is 7.11 Å². The number of aromatic amines is 1. The highest BCUT2D eigenvalue weighted by atomic mass is 16.5. The van der Waals surface area contributed by atoms with Crippen molar-refractivity contribution in [3.63, 3.8) is 0 Å². The van der Waals surface area contributed by atoms with Gasteiger partial charge in [0.2, 0.25) is 11.9 Å². The lowest BCUT2D eigenvalue weighted by atomic mass is 9.96. The fourth-order valence-corrected chi connectivity index (χ4v) is 3.80. The van der Waals surface area contributed by atoms with Crippen LogP contribution in [0.5, 0.6) is 0 Å². The van der Waals surface area contributed by atoms with Crippen molar-refractivity contribution < 1.29 is 9.53 Å². The molecule has 1 fully saturated rings. The Morgan fingerprint density at radius 3 is 2.61 bits per heavy atom. The Bertz CT molecular complexity index is 1040. The molecule has 0 unspecified atom stereocenters. The Labute approximate surface area is 181 Å². The van der Waals surface area contributed by atoms with Gasteiger partial charge in [-0.05, 0) is 44.9 Å². The van der Waals surface area contributed by atoms with Crippen LogP contribution in [0.15, 0.2) is 30.3 Å². The largest absolute Gasteiger partial charge is 0.377 e. The van der Waals surface area contributed by atoms with E-state index in [0.29, 0.717) is 18.3 Å². The number of methoxy groups -OCH3 is 1. The van der Waals surface area contributed by atoms with Crippen LogP contribution in [0.1, 0.15) is 30.1 Å². The summed E-state index contributed by atoms with van der Waals surface area (Å²) in [5, 5.41) is 10.1. The number of hydrogen-bond donors (Lipinski definition) is 2. The van der Waals surface area contributed by atoms with Gasteiger partial charge >= 0.3 is 0 Å². The number of ether oxygens (including phenoxy) is 1. The summed E-state index contributed by atoms with van der Waals surface area (Å²) in [6.07, 6.45) is 1.53. The van der Waals surface area contributed by atoms with Crippen molar-refractivity contribution in [1.29, 1.82) is 0 Å². The first kappa shape index (κ1) is 20.9. The molecule has 1 saturated heterocycles. The first-order valence-electron chi connectivity index (χ1n) is 10.4. The molecule has 31 heavy (non-hydrogen) atoms. The first-order valence-corrected chi connectivity index (χ1v) is 10.4. The smallest absolute Gasteiger partial charge is 0.227 e. The number of anilines is 2. The molecule has 3 heterocycles. The number of hydrogen-bond acceptors (Lipinski definition) is 7. The highest BCUT2D eigenvalue weighted by Crippen LogP contribution is 2.24. The number of aromatic nitrogens is 5. The predicted octanol–water partition coefficient (Wildman–Crippen LogP) is 2.88. The van der Waals surface area contributed by atoms with E-state index < -0.39 is 0 Å². The van der Waals surface area contributed by atoms with Crippen LogP contribution in [-0.4, -0.2) is 51.3 Å². The zero-order valence-electron chi connectivity index (χ0n) is 18.1. The van der Waals surface area contributed by atoms with E-state index in [9.17, 15) is 4.79 Å². The van der Waals surface area contributed by atoms with Crippen LogP contribution in [0.2, 0.25) is 0 Å². The molecule has 1 amide bonds. The van der Waals surface area contributed by atoms with Gasteiger partial charge in [-0.2, -0.15) is 5.10 Å². The van der Waals surface area contributed by atoms with Crippen LogP contribution in [0.4, 0.5) is 11.6 Å². The molecule has 162 valence electrons. The Balaban J connectivity index is 1.37. The molecule has 3 aromatic rings. The summed E-state index contributed by atoms with van der Waals surface area (Å²) in [4.78, 5) is 28.5. The van der Waals surface area contributed by atoms with E-state index in [1.165, 1.54) is 0 Å². The van der Waals surface area contributed by atoms with Crippen LogP contribution in [0.25, 0.3) is 11.4 Å². The van der Waals surface area contributed by atoms with Gasteiger partial charge in [-0.15, -0.1) is 0 Å². The molecule has 1 aromatic carbocycles.